The second-order valence-corrected chi connectivity index (χ2v) is 7.99. The van der Waals surface area contributed by atoms with E-state index >= 15 is 0 Å². The monoisotopic (exact) mass is 426 g/mol. The SMILES string of the molecule is CCOC(=O)[C@H](Cc1ccccc1)NC(=O)C(NC(=O)OC(C)(C)C)c1ccccc1. The Labute approximate surface area is 183 Å². The Balaban J connectivity index is 2.23. The third-order valence-electron chi connectivity index (χ3n) is 4.23. The number of hydrogen-bond donors (Lipinski definition) is 2. The zero-order valence-electron chi connectivity index (χ0n) is 18.4. The molecule has 0 aliphatic carbocycles. The van der Waals surface area contributed by atoms with E-state index in [1.54, 1.807) is 52.0 Å². The van der Waals surface area contributed by atoms with E-state index in [-0.39, 0.29) is 13.0 Å². The minimum Gasteiger partial charge on any atom is -0.464 e. The highest BCUT2D eigenvalue weighted by molar-refractivity contribution is 5.90. The Morgan fingerprint density at radius 1 is 0.903 bits per heavy atom. The molecule has 7 heteroatoms. The third-order valence-corrected chi connectivity index (χ3v) is 4.23. The molecular weight excluding hydrogens is 396 g/mol. The zero-order chi connectivity index (χ0) is 22.9. The molecule has 0 saturated carbocycles. The van der Waals surface area contributed by atoms with Crippen molar-refractivity contribution in [1.82, 2.24) is 10.6 Å². The van der Waals surface area contributed by atoms with Crippen molar-refractivity contribution < 1.29 is 23.9 Å². The van der Waals surface area contributed by atoms with Crippen LogP contribution in [0, 0.1) is 0 Å². The maximum Gasteiger partial charge on any atom is 0.408 e. The van der Waals surface area contributed by atoms with Crippen LogP contribution in [-0.2, 0) is 25.5 Å². The fraction of sp³-hybridized carbons (Fsp3) is 0.375. The fourth-order valence-electron chi connectivity index (χ4n) is 2.91. The first kappa shape index (κ1) is 23.9. The molecule has 0 fully saturated rings. The molecule has 0 radical (unpaired) electrons. The molecule has 0 aromatic heterocycles. The van der Waals surface area contributed by atoms with E-state index in [1.165, 1.54) is 0 Å². The molecule has 2 atom stereocenters. The van der Waals surface area contributed by atoms with Crippen LogP contribution in [0.2, 0.25) is 0 Å². The average Bonchev–Trinajstić information content (AvgIpc) is 2.71. The topological polar surface area (TPSA) is 93.7 Å². The fourth-order valence-corrected chi connectivity index (χ4v) is 2.91. The van der Waals surface area contributed by atoms with Crippen molar-refractivity contribution in [3.63, 3.8) is 0 Å². The molecule has 7 nitrogen and oxygen atoms in total. The molecule has 2 N–H and O–H groups in total. The van der Waals surface area contributed by atoms with E-state index < -0.39 is 35.7 Å². The Morgan fingerprint density at radius 2 is 1.48 bits per heavy atom. The van der Waals surface area contributed by atoms with Gasteiger partial charge in [0.2, 0.25) is 5.91 Å². The van der Waals surface area contributed by atoms with Crippen LogP contribution in [0.1, 0.15) is 44.9 Å². The van der Waals surface area contributed by atoms with Gasteiger partial charge >= 0.3 is 12.1 Å². The van der Waals surface area contributed by atoms with Gasteiger partial charge in [-0.3, -0.25) is 4.79 Å². The lowest BCUT2D eigenvalue weighted by molar-refractivity contribution is -0.147. The number of carbonyl (C=O) groups excluding carboxylic acids is 3. The molecule has 2 aromatic rings. The van der Waals surface area contributed by atoms with E-state index in [0.29, 0.717) is 5.56 Å². The van der Waals surface area contributed by atoms with Gasteiger partial charge in [0.05, 0.1) is 6.61 Å². The highest BCUT2D eigenvalue weighted by Gasteiger charge is 2.30. The smallest absolute Gasteiger partial charge is 0.408 e. The number of esters is 1. The Kier molecular flexibility index (Phi) is 8.61. The van der Waals surface area contributed by atoms with Gasteiger partial charge in [-0.15, -0.1) is 0 Å². The molecule has 2 aromatic carbocycles. The number of nitrogens with one attached hydrogen (secondary N) is 2. The number of alkyl carbamates (subject to hydrolysis) is 1. The summed E-state index contributed by atoms with van der Waals surface area (Å²) in [5.41, 5.74) is 0.716. The van der Waals surface area contributed by atoms with Crippen molar-refractivity contribution in [1.29, 1.82) is 0 Å². The van der Waals surface area contributed by atoms with Crippen LogP contribution in [0.15, 0.2) is 60.7 Å². The van der Waals surface area contributed by atoms with Crippen molar-refractivity contribution in [2.45, 2.75) is 51.8 Å². The summed E-state index contributed by atoms with van der Waals surface area (Å²) in [7, 11) is 0. The van der Waals surface area contributed by atoms with E-state index in [0.717, 1.165) is 5.56 Å². The van der Waals surface area contributed by atoms with Crippen LogP contribution in [0.5, 0.6) is 0 Å². The predicted molar refractivity (Wildman–Crippen MR) is 117 cm³/mol. The van der Waals surface area contributed by atoms with Crippen LogP contribution in [-0.4, -0.2) is 36.2 Å². The molecule has 1 unspecified atom stereocenters. The van der Waals surface area contributed by atoms with Gasteiger partial charge in [0.15, 0.2) is 0 Å². The van der Waals surface area contributed by atoms with Crippen LogP contribution >= 0.6 is 0 Å². The lowest BCUT2D eigenvalue weighted by Crippen LogP contribution is -2.49. The van der Waals surface area contributed by atoms with E-state index in [1.807, 2.05) is 36.4 Å². The first-order valence-electron chi connectivity index (χ1n) is 10.2. The molecular formula is C24H30N2O5. The molecule has 0 saturated heterocycles. The van der Waals surface area contributed by atoms with E-state index in [9.17, 15) is 14.4 Å². The molecule has 31 heavy (non-hydrogen) atoms. The normalized spacial score (nSPS) is 12.9. The summed E-state index contributed by atoms with van der Waals surface area (Å²) < 4.78 is 10.4. The summed E-state index contributed by atoms with van der Waals surface area (Å²) in [5, 5.41) is 5.34. The molecule has 0 heterocycles. The largest absolute Gasteiger partial charge is 0.464 e. The molecule has 0 aliphatic rings. The number of benzene rings is 2. The number of amides is 2. The van der Waals surface area contributed by atoms with E-state index in [2.05, 4.69) is 10.6 Å². The number of ether oxygens (including phenoxy) is 2. The van der Waals surface area contributed by atoms with Gasteiger partial charge in [0, 0.05) is 6.42 Å². The minimum absolute atomic E-state index is 0.193. The summed E-state index contributed by atoms with van der Waals surface area (Å²) in [6.07, 6.45) is -0.466. The highest BCUT2D eigenvalue weighted by atomic mass is 16.6. The van der Waals surface area contributed by atoms with Crippen molar-refractivity contribution >= 4 is 18.0 Å². The van der Waals surface area contributed by atoms with Crippen molar-refractivity contribution in [3.05, 3.63) is 71.8 Å². The third kappa shape index (κ3) is 8.12. The summed E-state index contributed by atoms with van der Waals surface area (Å²) >= 11 is 0. The summed E-state index contributed by atoms with van der Waals surface area (Å²) in [5.74, 6) is -1.07. The van der Waals surface area contributed by atoms with Crippen LogP contribution in [0.3, 0.4) is 0 Å². The first-order valence-corrected chi connectivity index (χ1v) is 10.2. The van der Waals surface area contributed by atoms with Gasteiger partial charge in [0.1, 0.15) is 17.7 Å². The summed E-state index contributed by atoms with van der Waals surface area (Å²) in [4.78, 5) is 38.0. The van der Waals surface area contributed by atoms with Crippen LogP contribution in [0.4, 0.5) is 4.79 Å². The molecule has 2 amide bonds. The Bertz CT molecular complexity index is 863. The van der Waals surface area contributed by atoms with Crippen molar-refractivity contribution in [3.8, 4) is 0 Å². The van der Waals surface area contributed by atoms with Gasteiger partial charge in [-0.2, -0.15) is 0 Å². The average molecular weight is 427 g/mol. The van der Waals surface area contributed by atoms with Gasteiger partial charge in [-0.25, -0.2) is 9.59 Å². The molecule has 0 spiro atoms. The second-order valence-electron chi connectivity index (χ2n) is 7.99. The van der Waals surface area contributed by atoms with Crippen LogP contribution in [0.25, 0.3) is 0 Å². The van der Waals surface area contributed by atoms with E-state index in [4.69, 9.17) is 9.47 Å². The standard InChI is InChI=1S/C24H30N2O5/c1-5-30-22(28)19(16-17-12-8-6-9-13-17)25-21(27)20(18-14-10-7-11-15-18)26-23(29)31-24(2,3)4/h6-15,19-20H,5,16H2,1-4H3,(H,25,27)(H,26,29)/t19-,20?/m0/s1. The highest BCUT2D eigenvalue weighted by Crippen LogP contribution is 2.16. The number of rotatable bonds is 8. The molecule has 166 valence electrons. The van der Waals surface area contributed by atoms with Crippen molar-refractivity contribution in [2.75, 3.05) is 6.61 Å². The summed E-state index contributed by atoms with van der Waals surface area (Å²) in [6, 6.07) is 16.2. The van der Waals surface area contributed by atoms with Gasteiger partial charge < -0.3 is 20.1 Å². The van der Waals surface area contributed by atoms with Gasteiger partial charge in [-0.1, -0.05) is 60.7 Å². The Morgan fingerprint density at radius 3 is 2.03 bits per heavy atom. The predicted octanol–water partition coefficient (Wildman–Crippen LogP) is 3.54. The Hall–Kier alpha value is -3.35. The second kappa shape index (κ2) is 11.2. The maximum atomic E-state index is 13.2. The molecule has 0 bridgehead atoms. The number of carbonyl (C=O) groups is 3. The van der Waals surface area contributed by atoms with Crippen molar-refractivity contribution in [2.24, 2.45) is 0 Å². The van der Waals surface area contributed by atoms with Gasteiger partial charge in [-0.05, 0) is 38.8 Å². The number of hydrogen-bond acceptors (Lipinski definition) is 5. The molecule has 2 rings (SSSR count). The lowest BCUT2D eigenvalue weighted by atomic mass is 10.0. The first-order chi connectivity index (χ1) is 14.7. The van der Waals surface area contributed by atoms with Gasteiger partial charge in [0.25, 0.3) is 0 Å². The molecule has 0 aliphatic heterocycles. The quantitative estimate of drug-likeness (QED) is 0.630. The summed E-state index contributed by atoms with van der Waals surface area (Å²) in [6.45, 7) is 7.11. The maximum absolute atomic E-state index is 13.2. The zero-order valence-corrected chi connectivity index (χ0v) is 18.4. The minimum atomic E-state index is -1.04. The lowest BCUT2D eigenvalue weighted by Gasteiger charge is -2.25. The van der Waals surface area contributed by atoms with Crippen LogP contribution < -0.4 is 10.6 Å².